The lowest BCUT2D eigenvalue weighted by Gasteiger charge is -2.12. The Hall–Kier alpha value is -2.01. The van der Waals surface area contributed by atoms with Crippen molar-refractivity contribution in [2.75, 3.05) is 13.7 Å². The van der Waals surface area contributed by atoms with Gasteiger partial charge in [-0.25, -0.2) is 0 Å². The second-order valence-electron chi connectivity index (χ2n) is 5.75. The van der Waals surface area contributed by atoms with Gasteiger partial charge < -0.3 is 14.8 Å². The average Bonchev–Trinajstić information content (AvgIpc) is 3.17. The largest absolute Gasteiger partial charge is 0.493 e. The zero-order chi connectivity index (χ0) is 17.3. The molecule has 0 unspecified atom stereocenters. The molecule has 138 valence electrons. The first-order chi connectivity index (χ1) is 12.3. The number of ether oxygens (including phenoxy) is 2. The molecule has 3 nitrogen and oxygen atoms in total. The minimum absolute atomic E-state index is 0. The molecule has 0 aliphatic rings. The highest BCUT2D eigenvalue weighted by Gasteiger charge is 2.06. The normalized spacial score (nSPS) is 10.2. The van der Waals surface area contributed by atoms with Crippen LogP contribution in [0, 0.1) is 0 Å². The standard InChI is InChI=1S/C21H23NO2S.ClH/c1-23-21-14-18(15-22-16-19-8-5-13-25-19)9-10-20(21)24-12-11-17-6-3-2-4-7-17;/h2-10,13-14,22H,11-12,15-16H2,1H3;1H. The molecule has 0 fully saturated rings. The van der Waals surface area contributed by atoms with E-state index in [-0.39, 0.29) is 12.4 Å². The maximum absolute atomic E-state index is 5.91. The fourth-order valence-electron chi connectivity index (χ4n) is 2.61. The van der Waals surface area contributed by atoms with E-state index in [0.29, 0.717) is 6.61 Å². The lowest BCUT2D eigenvalue weighted by atomic mass is 10.1. The molecule has 3 aromatic rings. The molecule has 0 saturated carbocycles. The summed E-state index contributed by atoms with van der Waals surface area (Å²) >= 11 is 1.77. The van der Waals surface area contributed by atoms with Crippen molar-refractivity contribution in [1.29, 1.82) is 0 Å². The maximum atomic E-state index is 5.91. The van der Waals surface area contributed by atoms with E-state index in [9.17, 15) is 0 Å². The maximum Gasteiger partial charge on any atom is 0.161 e. The van der Waals surface area contributed by atoms with Crippen molar-refractivity contribution in [1.82, 2.24) is 5.32 Å². The van der Waals surface area contributed by atoms with E-state index in [1.165, 1.54) is 16.0 Å². The van der Waals surface area contributed by atoms with Crippen molar-refractivity contribution in [3.8, 4) is 11.5 Å². The first-order valence-corrected chi connectivity index (χ1v) is 9.30. The number of benzene rings is 2. The highest BCUT2D eigenvalue weighted by molar-refractivity contribution is 7.09. The Labute approximate surface area is 165 Å². The van der Waals surface area contributed by atoms with Gasteiger partial charge in [0.25, 0.3) is 0 Å². The van der Waals surface area contributed by atoms with Gasteiger partial charge >= 0.3 is 0 Å². The third kappa shape index (κ3) is 6.06. The summed E-state index contributed by atoms with van der Waals surface area (Å²) < 4.78 is 11.4. The topological polar surface area (TPSA) is 30.5 Å². The number of halogens is 1. The molecular weight excluding hydrogens is 366 g/mol. The van der Waals surface area contributed by atoms with Crippen molar-refractivity contribution in [2.24, 2.45) is 0 Å². The molecule has 0 amide bonds. The molecule has 0 saturated heterocycles. The number of methoxy groups -OCH3 is 1. The Morgan fingerprint density at radius 3 is 2.46 bits per heavy atom. The smallest absolute Gasteiger partial charge is 0.161 e. The van der Waals surface area contributed by atoms with E-state index in [0.717, 1.165) is 31.0 Å². The summed E-state index contributed by atoms with van der Waals surface area (Å²) in [6.45, 7) is 2.32. The molecule has 3 rings (SSSR count). The third-order valence-corrected chi connectivity index (χ3v) is 4.80. The fourth-order valence-corrected chi connectivity index (χ4v) is 3.28. The summed E-state index contributed by atoms with van der Waals surface area (Å²) in [5.74, 6) is 1.57. The SMILES string of the molecule is COc1cc(CNCc2cccs2)ccc1OCCc1ccccc1.Cl. The molecule has 5 heteroatoms. The predicted molar refractivity (Wildman–Crippen MR) is 111 cm³/mol. The van der Waals surface area contributed by atoms with Crippen LogP contribution in [-0.4, -0.2) is 13.7 Å². The van der Waals surface area contributed by atoms with E-state index in [1.807, 2.05) is 30.3 Å². The molecule has 0 radical (unpaired) electrons. The van der Waals surface area contributed by atoms with Crippen LogP contribution in [0.4, 0.5) is 0 Å². The van der Waals surface area contributed by atoms with Crippen LogP contribution >= 0.6 is 23.7 Å². The van der Waals surface area contributed by atoms with Gasteiger partial charge in [0, 0.05) is 24.4 Å². The highest BCUT2D eigenvalue weighted by atomic mass is 35.5. The Morgan fingerprint density at radius 1 is 0.885 bits per heavy atom. The average molecular weight is 390 g/mol. The van der Waals surface area contributed by atoms with Gasteiger partial charge in [-0.05, 0) is 34.7 Å². The molecule has 26 heavy (non-hydrogen) atoms. The van der Waals surface area contributed by atoms with E-state index in [2.05, 4.69) is 41.0 Å². The van der Waals surface area contributed by atoms with E-state index >= 15 is 0 Å². The van der Waals surface area contributed by atoms with Gasteiger partial charge in [0.05, 0.1) is 13.7 Å². The second-order valence-corrected chi connectivity index (χ2v) is 6.78. The van der Waals surface area contributed by atoms with Crippen molar-refractivity contribution in [2.45, 2.75) is 19.5 Å². The molecule has 2 aromatic carbocycles. The van der Waals surface area contributed by atoms with Crippen LogP contribution in [0.5, 0.6) is 11.5 Å². The summed E-state index contributed by atoms with van der Waals surface area (Å²) in [5.41, 5.74) is 2.46. The summed E-state index contributed by atoms with van der Waals surface area (Å²) in [7, 11) is 1.68. The van der Waals surface area contributed by atoms with Gasteiger partial charge in [-0.3, -0.25) is 0 Å². The number of thiophene rings is 1. The number of rotatable bonds is 9. The zero-order valence-corrected chi connectivity index (χ0v) is 16.4. The van der Waals surface area contributed by atoms with Crippen LogP contribution in [0.2, 0.25) is 0 Å². The van der Waals surface area contributed by atoms with Crippen molar-refractivity contribution < 1.29 is 9.47 Å². The predicted octanol–water partition coefficient (Wildman–Crippen LogP) is 5.09. The molecule has 1 N–H and O–H groups in total. The molecule has 0 bridgehead atoms. The lowest BCUT2D eigenvalue weighted by molar-refractivity contribution is 0.297. The van der Waals surface area contributed by atoms with Crippen LogP contribution in [0.1, 0.15) is 16.0 Å². The van der Waals surface area contributed by atoms with E-state index in [4.69, 9.17) is 9.47 Å². The molecule has 0 aliphatic heterocycles. The lowest BCUT2D eigenvalue weighted by Crippen LogP contribution is -2.12. The number of hydrogen-bond donors (Lipinski definition) is 1. The van der Waals surface area contributed by atoms with Crippen molar-refractivity contribution in [3.63, 3.8) is 0 Å². The highest BCUT2D eigenvalue weighted by Crippen LogP contribution is 2.28. The number of hydrogen-bond acceptors (Lipinski definition) is 4. The van der Waals surface area contributed by atoms with Gasteiger partial charge in [0.1, 0.15) is 0 Å². The quantitative estimate of drug-likeness (QED) is 0.553. The Bertz CT molecular complexity index is 763. The molecule has 0 spiro atoms. The van der Waals surface area contributed by atoms with Gasteiger partial charge in [0.15, 0.2) is 11.5 Å². The molecule has 1 aromatic heterocycles. The first kappa shape index (κ1) is 20.3. The third-order valence-electron chi connectivity index (χ3n) is 3.93. The Morgan fingerprint density at radius 2 is 1.73 bits per heavy atom. The number of nitrogens with one attached hydrogen (secondary N) is 1. The van der Waals surface area contributed by atoms with Crippen LogP contribution in [0.3, 0.4) is 0 Å². The van der Waals surface area contributed by atoms with Crippen LogP contribution < -0.4 is 14.8 Å². The Kier molecular flexibility index (Phi) is 8.48. The summed E-state index contributed by atoms with van der Waals surface area (Å²) in [4.78, 5) is 1.34. The fraction of sp³-hybridized carbons (Fsp3) is 0.238. The zero-order valence-electron chi connectivity index (χ0n) is 14.8. The minimum atomic E-state index is 0. The summed E-state index contributed by atoms with van der Waals surface area (Å²) in [6.07, 6.45) is 0.883. The molecule has 0 aliphatic carbocycles. The van der Waals surface area contributed by atoms with Gasteiger partial charge in [-0.1, -0.05) is 42.5 Å². The first-order valence-electron chi connectivity index (χ1n) is 8.42. The van der Waals surface area contributed by atoms with Gasteiger partial charge in [0.2, 0.25) is 0 Å². The van der Waals surface area contributed by atoms with Gasteiger partial charge in [-0.15, -0.1) is 23.7 Å². The van der Waals surface area contributed by atoms with Crippen LogP contribution in [0.15, 0.2) is 66.0 Å². The monoisotopic (exact) mass is 389 g/mol. The van der Waals surface area contributed by atoms with Crippen LogP contribution in [-0.2, 0) is 19.5 Å². The second kappa shape index (κ2) is 10.9. The Balaban J connectivity index is 0.00000243. The summed E-state index contributed by atoms with van der Waals surface area (Å²) in [5, 5.41) is 5.55. The molecule has 1 heterocycles. The minimum Gasteiger partial charge on any atom is -0.493 e. The van der Waals surface area contributed by atoms with Crippen molar-refractivity contribution in [3.05, 3.63) is 82.0 Å². The molecular formula is C21H24ClNO2S. The molecule has 0 atom stereocenters. The van der Waals surface area contributed by atoms with E-state index in [1.54, 1.807) is 18.4 Å². The summed E-state index contributed by atoms with van der Waals surface area (Å²) in [6, 6.07) is 20.7. The van der Waals surface area contributed by atoms with Crippen molar-refractivity contribution >= 4 is 23.7 Å². The van der Waals surface area contributed by atoms with E-state index < -0.39 is 0 Å². The van der Waals surface area contributed by atoms with Gasteiger partial charge in [-0.2, -0.15) is 0 Å². The van der Waals surface area contributed by atoms with Crippen LogP contribution in [0.25, 0.3) is 0 Å².